The molecule has 5 heteroatoms. The van der Waals surface area contributed by atoms with E-state index in [1.807, 2.05) is 0 Å². The molecule has 0 atom stereocenters. The van der Waals surface area contributed by atoms with E-state index in [1.54, 1.807) is 12.1 Å². The molecule has 1 saturated heterocycles. The summed E-state index contributed by atoms with van der Waals surface area (Å²) in [4.78, 5) is 18.6. The Bertz CT molecular complexity index is 456. The van der Waals surface area contributed by atoms with Gasteiger partial charge in [-0.3, -0.25) is 9.69 Å². The molecule has 1 amide bonds. The van der Waals surface area contributed by atoms with Crippen LogP contribution in [-0.4, -0.2) is 40.5 Å². The Morgan fingerprint density at radius 3 is 2.50 bits per heavy atom. The van der Waals surface area contributed by atoms with Crippen molar-refractivity contribution in [2.45, 2.75) is 45.2 Å². The van der Waals surface area contributed by atoms with E-state index in [0.29, 0.717) is 11.4 Å². The number of aromatic nitrogens is 1. The molecule has 1 aliphatic rings. The second kappa shape index (κ2) is 5.79. The maximum atomic E-state index is 12.1. The Kier molecular flexibility index (Phi) is 4.28. The summed E-state index contributed by atoms with van der Waals surface area (Å²) in [5.41, 5.74) is 6.77. The minimum atomic E-state index is -0.112. The number of likely N-dealkylation sites (tertiary alicyclic amines) is 1. The van der Waals surface area contributed by atoms with Crippen molar-refractivity contribution in [2.75, 3.05) is 18.8 Å². The number of hydrogen-bond acceptors (Lipinski definition) is 4. The Balaban J connectivity index is 1.86. The van der Waals surface area contributed by atoms with Crippen molar-refractivity contribution < 1.29 is 4.79 Å². The highest BCUT2D eigenvalue weighted by molar-refractivity contribution is 5.92. The first-order chi connectivity index (χ1) is 9.36. The summed E-state index contributed by atoms with van der Waals surface area (Å²) < 4.78 is 0. The lowest BCUT2D eigenvalue weighted by molar-refractivity contribution is 0.0809. The van der Waals surface area contributed by atoms with E-state index in [9.17, 15) is 4.79 Å². The van der Waals surface area contributed by atoms with Crippen LogP contribution in [0.15, 0.2) is 18.3 Å². The van der Waals surface area contributed by atoms with Crippen LogP contribution in [0.2, 0.25) is 0 Å². The molecule has 1 aromatic heterocycles. The molecule has 20 heavy (non-hydrogen) atoms. The second-order valence-corrected chi connectivity index (χ2v) is 6.38. The van der Waals surface area contributed by atoms with Crippen LogP contribution in [0, 0.1) is 0 Å². The predicted octanol–water partition coefficient (Wildman–Crippen LogP) is 1.66. The first-order valence-corrected chi connectivity index (χ1v) is 7.14. The number of anilines is 1. The summed E-state index contributed by atoms with van der Waals surface area (Å²) in [6.07, 6.45) is 3.48. The van der Waals surface area contributed by atoms with Crippen LogP contribution in [0.4, 0.5) is 5.69 Å². The zero-order chi connectivity index (χ0) is 14.8. The van der Waals surface area contributed by atoms with Gasteiger partial charge in [0.15, 0.2) is 0 Å². The van der Waals surface area contributed by atoms with Crippen LogP contribution in [0.3, 0.4) is 0 Å². The van der Waals surface area contributed by atoms with Gasteiger partial charge in [0, 0.05) is 24.7 Å². The lowest BCUT2D eigenvalue weighted by Crippen LogP contribution is -2.50. The van der Waals surface area contributed by atoms with Crippen molar-refractivity contribution in [1.82, 2.24) is 15.2 Å². The number of hydrogen-bond donors (Lipinski definition) is 2. The molecule has 5 nitrogen and oxygen atoms in total. The fourth-order valence-corrected chi connectivity index (χ4v) is 2.49. The third-order valence-corrected chi connectivity index (χ3v) is 3.80. The van der Waals surface area contributed by atoms with Gasteiger partial charge in [0.1, 0.15) is 5.69 Å². The van der Waals surface area contributed by atoms with Crippen LogP contribution in [0.5, 0.6) is 0 Å². The van der Waals surface area contributed by atoms with E-state index >= 15 is 0 Å². The average molecular weight is 276 g/mol. The number of carbonyl (C=O) groups excluding carboxylic acids is 1. The Hall–Kier alpha value is -1.62. The number of nitrogens with one attached hydrogen (secondary N) is 1. The van der Waals surface area contributed by atoms with Gasteiger partial charge < -0.3 is 11.1 Å². The van der Waals surface area contributed by atoms with Gasteiger partial charge in [0.05, 0.1) is 11.9 Å². The van der Waals surface area contributed by atoms with Crippen LogP contribution < -0.4 is 11.1 Å². The number of amides is 1. The standard InChI is InChI=1S/C15H24N4O/c1-15(2,3)19-8-6-12(7-9-19)18-14(20)13-5-4-11(16)10-17-13/h4-5,10,12H,6-9,16H2,1-3H3,(H,18,20). The second-order valence-electron chi connectivity index (χ2n) is 6.38. The Labute approximate surface area is 120 Å². The SMILES string of the molecule is CC(C)(C)N1CCC(NC(=O)c2ccc(N)cn2)CC1. The molecule has 0 saturated carbocycles. The molecule has 1 fully saturated rings. The number of carbonyl (C=O) groups is 1. The number of piperidine rings is 1. The van der Waals surface area contributed by atoms with E-state index in [0.717, 1.165) is 25.9 Å². The van der Waals surface area contributed by atoms with Crippen LogP contribution in [0.1, 0.15) is 44.1 Å². The minimum Gasteiger partial charge on any atom is -0.397 e. The lowest BCUT2D eigenvalue weighted by Gasteiger charge is -2.41. The van der Waals surface area contributed by atoms with Crippen LogP contribution >= 0.6 is 0 Å². The summed E-state index contributed by atoms with van der Waals surface area (Å²) in [7, 11) is 0. The molecular formula is C15H24N4O. The molecule has 0 unspecified atom stereocenters. The molecule has 1 aromatic rings. The topological polar surface area (TPSA) is 71.2 Å². The molecule has 0 bridgehead atoms. The van der Waals surface area contributed by atoms with Crippen molar-refractivity contribution in [1.29, 1.82) is 0 Å². The third-order valence-electron chi connectivity index (χ3n) is 3.80. The fraction of sp³-hybridized carbons (Fsp3) is 0.600. The first-order valence-electron chi connectivity index (χ1n) is 7.14. The molecule has 2 rings (SSSR count). The number of nitrogens with two attached hydrogens (primary N) is 1. The summed E-state index contributed by atoms with van der Waals surface area (Å²) in [5.74, 6) is -0.112. The first kappa shape index (κ1) is 14.8. The highest BCUT2D eigenvalue weighted by atomic mass is 16.1. The molecule has 1 aliphatic heterocycles. The normalized spacial score (nSPS) is 17.9. The monoisotopic (exact) mass is 276 g/mol. The highest BCUT2D eigenvalue weighted by Gasteiger charge is 2.27. The summed E-state index contributed by atoms with van der Waals surface area (Å²) >= 11 is 0. The minimum absolute atomic E-state index is 0.112. The maximum Gasteiger partial charge on any atom is 0.270 e. The molecule has 0 aliphatic carbocycles. The number of nitrogen functional groups attached to an aromatic ring is 1. The van der Waals surface area contributed by atoms with Gasteiger partial charge in [0.25, 0.3) is 5.91 Å². The number of nitrogens with zero attached hydrogens (tertiary/aromatic N) is 2. The smallest absolute Gasteiger partial charge is 0.270 e. The van der Waals surface area contributed by atoms with E-state index in [-0.39, 0.29) is 17.5 Å². The highest BCUT2D eigenvalue weighted by Crippen LogP contribution is 2.20. The maximum absolute atomic E-state index is 12.1. The van der Waals surface area contributed by atoms with Gasteiger partial charge in [-0.1, -0.05) is 0 Å². The van der Waals surface area contributed by atoms with E-state index < -0.39 is 0 Å². The van der Waals surface area contributed by atoms with E-state index in [2.05, 4.69) is 36.0 Å². The Morgan fingerprint density at radius 2 is 2.00 bits per heavy atom. The van der Waals surface area contributed by atoms with Gasteiger partial charge >= 0.3 is 0 Å². The van der Waals surface area contributed by atoms with Crippen molar-refractivity contribution in [3.63, 3.8) is 0 Å². The van der Waals surface area contributed by atoms with Gasteiger partial charge in [-0.05, 0) is 45.7 Å². The fourth-order valence-electron chi connectivity index (χ4n) is 2.49. The lowest BCUT2D eigenvalue weighted by atomic mass is 9.98. The molecule has 0 spiro atoms. The van der Waals surface area contributed by atoms with E-state index in [1.165, 1.54) is 6.20 Å². The van der Waals surface area contributed by atoms with Crippen molar-refractivity contribution in [3.05, 3.63) is 24.0 Å². The largest absolute Gasteiger partial charge is 0.397 e. The molecule has 3 N–H and O–H groups in total. The third kappa shape index (κ3) is 3.70. The number of rotatable bonds is 2. The zero-order valence-electron chi connectivity index (χ0n) is 12.5. The van der Waals surface area contributed by atoms with Crippen molar-refractivity contribution in [2.24, 2.45) is 0 Å². The van der Waals surface area contributed by atoms with Gasteiger partial charge in [0.2, 0.25) is 0 Å². The van der Waals surface area contributed by atoms with Gasteiger partial charge in [-0.25, -0.2) is 4.98 Å². The Morgan fingerprint density at radius 1 is 1.35 bits per heavy atom. The van der Waals surface area contributed by atoms with Crippen LogP contribution in [0.25, 0.3) is 0 Å². The number of pyridine rings is 1. The average Bonchev–Trinajstić information content (AvgIpc) is 2.39. The van der Waals surface area contributed by atoms with Gasteiger partial charge in [-0.2, -0.15) is 0 Å². The molecule has 0 aromatic carbocycles. The predicted molar refractivity (Wildman–Crippen MR) is 80.5 cm³/mol. The summed E-state index contributed by atoms with van der Waals surface area (Å²) in [5, 5.41) is 3.06. The zero-order valence-corrected chi connectivity index (χ0v) is 12.5. The summed E-state index contributed by atoms with van der Waals surface area (Å²) in [6.45, 7) is 8.71. The summed E-state index contributed by atoms with van der Waals surface area (Å²) in [6, 6.07) is 3.60. The quantitative estimate of drug-likeness (QED) is 0.861. The van der Waals surface area contributed by atoms with Crippen LogP contribution in [-0.2, 0) is 0 Å². The molecule has 110 valence electrons. The molecular weight excluding hydrogens is 252 g/mol. The van der Waals surface area contributed by atoms with Crippen molar-refractivity contribution in [3.8, 4) is 0 Å². The van der Waals surface area contributed by atoms with Crippen molar-refractivity contribution >= 4 is 11.6 Å². The molecule has 0 radical (unpaired) electrons. The van der Waals surface area contributed by atoms with E-state index in [4.69, 9.17) is 5.73 Å². The van der Waals surface area contributed by atoms with Gasteiger partial charge in [-0.15, -0.1) is 0 Å². The molecule has 2 heterocycles.